The van der Waals surface area contributed by atoms with Gasteiger partial charge in [-0.2, -0.15) is 0 Å². The maximum atomic E-state index is 13.9. The van der Waals surface area contributed by atoms with Crippen molar-refractivity contribution in [2.75, 3.05) is 0 Å². The van der Waals surface area contributed by atoms with Gasteiger partial charge in [0.15, 0.2) is 5.76 Å². The molecule has 0 saturated heterocycles. The number of halogens is 1. The summed E-state index contributed by atoms with van der Waals surface area (Å²) in [6.45, 7) is 4.26. The number of hydrogen-bond acceptors (Lipinski definition) is 5. The standard InChI is InChI=1S/C24H21BrN4O3/c1-14-15(2)28-19-4-3-11-27-22(19)21(14)24(31)29(12-16-5-7-17(25)8-6-16)13-18-9-10-20(32-18)23(26)30/h3-11H,12-13H2,1-2H3,(H2,26,30). The summed E-state index contributed by atoms with van der Waals surface area (Å²) in [6.07, 6.45) is 1.65. The van der Waals surface area contributed by atoms with Gasteiger partial charge in [0.2, 0.25) is 0 Å². The molecule has 0 saturated carbocycles. The predicted molar refractivity (Wildman–Crippen MR) is 124 cm³/mol. The molecule has 0 bridgehead atoms. The molecule has 0 aliphatic heterocycles. The molecule has 3 heterocycles. The number of pyridine rings is 2. The van der Waals surface area contributed by atoms with Crippen LogP contribution in [0.25, 0.3) is 11.0 Å². The van der Waals surface area contributed by atoms with E-state index in [0.29, 0.717) is 28.9 Å². The number of benzene rings is 1. The van der Waals surface area contributed by atoms with E-state index >= 15 is 0 Å². The third-order valence-corrected chi connectivity index (χ3v) is 5.80. The molecule has 1 aromatic carbocycles. The molecule has 32 heavy (non-hydrogen) atoms. The monoisotopic (exact) mass is 492 g/mol. The number of primary amides is 1. The molecule has 0 unspecified atom stereocenters. The van der Waals surface area contributed by atoms with E-state index in [4.69, 9.17) is 10.2 Å². The summed E-state index contributed by atoms with van der Waals surface area (Å²) in [5.74, 6) is -0.335. The molecule has 0 aliphatic rings. The van der Waals surface area contributed by atoms with Gasteiger partial charge >= 0.3 is 0 Å². The number of furan rings is 1. The maximum Gasteiger partial charge on any atom is 0.284 e. The van der Waals surface area contributed by atoms with Crippen molar-refractivity contribution < 1.29 is 14.0 Å². The fourth-order valence-corrected chi connectivity index (χ4v) is 3.78. The summed E-state index contributed by atoms with van der Waals surface area (Å²) in [5.41, 5.74) is 9.53. The zero-order valence-corrected chi connectivity index (χ0v) is 19.2. The van der Waals surface area contributed by atoms with Crippen LogP contribution in [0.3, 0.4) is 0 Å². The van der Waals surface area contributed by atoms with Gasteiger partial charge in [0.1, 0.15) is 11.3 Å². The Hall–Kier alpha value is -3.52. The van der Waals surface area contributed by atoms with Gasteiger partial charge in [0, 0.05) is 22.9 Å². The molecular weight excluding hydrogens is 472 g/mol. The highest BCUT2D eigenvalue weighted by Gasteiger charge is 2.24. The van der Waals surface area contributed by atoms with Crippen molar-refractivity contribution >= 4 is 38.8 Å². The van der Waals surface area contributed by atoms with E-state index in [2.05, 4.69) is 25.9 Å². The normalized spacial score (nSPS) is 11.0. The van der Waals surface area contributed by atoms with Gasteiger partial charge in [-0.05, 0) is 61.4 Å². The van der Waals surface area contributed by atoms with E-state index in [9.17, 15) is 9.59 Å². The second kappa shape index (κ2) is 8.92. The third kappa shape index (κ3) is 4.40. The van der Waals surface area contributed by atoms with E-state index in [1.165, 1.54) is 6.07 Å². The van der Waals surface area contributed by atoms with Crippen LogP contribution < -0.4 is 5.73 Å². The van der Waals surface area contributed by atoms with Crippen molar-refractivity contribution in [3.05, 3.63) is 93.1 Å². The number of rotatable bonds is 6. The van der Waals surface area contributed by atoms with Crippen LogP contribution in [0.15, 0.2) is 63.6 Å². The van der Waals surface area contributed by atoms with Gasteiger partial charge in [0.25, 0.3) is 11.8 Å². The lowest BCUT2D eigenvalue weighted by Crippen LogP contribution is -2.31. The SMILES string of the molecule is Cc1nc2cccnc2c(C(=O)N(Cc2ccc(Br)cc2)Cc2ccc(C(N)=O)o2)c1C. The molecule has 0 aliphatic carbocycles. The van der Waals surface area contributed by atoms with Crippen molar-refractivity contribution in [2.24, 2.45) is 5.73 Å². The molecule has 3 aromatic heterocycles. The summed E-state index contributed by atoms with van der Waals surface area (Å²) < 4.78 is 6.51. The molecule has 0 spiro atoms. The van der Waals surface area contributed by atoms with E-state index in [0.717, 1.165) is 21.3 Å². The van der Waals surface area contributed by atoms with E-state index in [-0.39, 0.29) is 18.2 Å². The van der Waals surface area contributed by atoms with Gasteiger partial charge in [-0.25, -0.2) is 0 Å². The van der Waals surface area contributed by atoms with E-state index in [1.54, 1.807) is 23.2 Å². The Morgan fingerprint density at radius 3 is 2.50 bits per heavy atom. The average Bonchev–Trinajstić information content (AvgIpc) is 3.24. The van der Waals surface area contributed by atoms with Crippen LogP contribution in [-0.4, -0.2) is 26.7 Å². The first kappa shape index (κ1) is 21.7. The predicted octanol–water partition coefficient (Wildman–Crippen LogP) is 4.54. The molecule has 0 radical (unpaired) electrons. The quantitative estimate of drug-likeness (QED) is 0.425. The molecule has 8 heteroatoms. The Labute approximate surface area is 193 Å². The zero-order chi connectivity index (χ0) is 22.8. The average molecular weight is 493 g/mol. The molecule has 0 fully saturated rings. The molecule has 4 rings (SSSR count). The maximum absolute atomic E-state index is 13.9. The Bertz CT molecular complexity index is 1310. The Morgan fingerprint density at radius 1 is 1.06 bits per heavy atom. The first-order chi connectivity index (χ1) is 15.3. The van der Waals surface area contributed by atoms with E-state index in [1.807, 2.05) is 44.2 Å². The highest BCUT2D eigenvalue weighted by molar-refractivity contribution is 9.10. The molecule has 2 N–H and O–H groups in total. The molecular formula is C24H21BrN4O3. The van der Waals surface area contributed by atoms with Crippen molar-refractivity contribution in [1.82, 2.24) is 14.9 Å². The van der Waals surface area contributed by atoms with Gasteiger partial charge in [0.05, 0.1) is 17.6 Å². The summed E-state index contributed by atoms with van der Waals surface area (Å²) >= 11 is 3.44. The van der Waals surface area contributed by atoms with Crippen LogP contribution in [0.4, 0.5) is 0 Å². The molecule has 4 aromatic rings. The number of hydrogen-bond donors (Lipinski definition) is 1. The fourth-order valence-electron chi connectivity index (χ4n) is 3.52. The minimum Gasteiger partial charge on any atom is -0.454 e. The molecule has 0 atom stereocenters. The van der Waals surface area contributed by atoms with Gasteiger partial charge in [-0.1, -0.05) is 28.1 Å². The first-order valence-electron chi connectivity index (χ1n) is 9.97. The number of aryl methyl sites for hydroxylation is 1. The van der Waals surface area contributed by atoms with Gasteiger partial charge < -0.3 is 15.1 Å². The Balaban J connectivity index is 1.77. The lowest BCUT2D eigenvalue weighted by Gasteiger charge is -2.24. The lowest BCUT2D eigenvalue weighted by atomic mass is 10.0. The molecule has 2 amide bonds. The number of amides is 2. The van der Waals surface area contributed by atoms with E-state index < -0.39 is 5.91 Å². The van der Waals surface area contributed by atoms with Crippen LogP contribution in [-0.2, 0) is 13.1 Å². The summed E-state index contributed by atoms with van der Waals surface area (Å²) in [7, 11) is 0. The zero-order valence-electron chi connectivity index (χ0n) is 17.6. The first-order valence-corrected chi connectivity index (χ1v) is 10.8. The minimum absolute atomic E-state index is 0.0547. The molecule has 162 valence electrons. The summed E-state index contributed by atoms with van der Waals surface area (Å²) in [4.78, 5) is 36.0. The second-order valence-electron chi connectivity index (χ2n) is 7.49. The topological polar surface area (TPSA) is 102 Å². The summed E-state index contributed by atoms with van der Waals surface area (Å²) in [5, 5.41) is 0. The largest absolute Gasteiger partial charge is 0.454 e. The Morgan fingerprint density at radius 2 is 1.81 bits per heavy atom. The van der Waals surface area contributed by atoms with Crippen molar-refractivity contribution in [2.45, 2.75) is 26.9 Å². The number of nitrogens with zero attached hydrogens (tertiary/aromatic N) is 3. The minimum atomic E-state index is -0.655. The number of aromatic nitrogens is 2. The third-order valence-electron chi connectivity index (χ3n) is 5.27. The highest BCUT2D eigenvalue weighted by Crippen LogP contribution is 2.25. The highest BCUT2D eigenvalue weighted by atomic mass is 79.9. The second-order valence-corrected chi connectivity index (χ2v) is 8.40. The lowest BCUT2D eigenvalue weighted by molar-refractivity contribution is 0.0717. The van der Waals surface area contributed by atoms with Gasteiger partial charge in [-0.15, -0.1) is 0 Å². The number of nitrogens with two attached hydrogens (primary N) is 1. The van der Waals surface area contributed by atoms with Crippen LogP contribution in [0.1, 0.15) is 43.5 Å². The summed E-state index contributed by atoms with van der Waals surface area (Å²) in [6, 6.07) is 14.6. The molecule has 7 nitrogen and oxygen atoms in total. The van der Waals surface area contributed by atoms with Gasteiger partial charge in [-0.3, -0.25) is 19.6 Å². The van der Waals surface area contributed by atoms with Crippen LogP contribution >= 0.6 is 15.9 Å². The van der Waals surface area contributed by atoms with Crippen LogP contribution in [0.2, 0.25) is 0 Å². The fraction of sp³-hybridized carbons (Fsp3) is 0.167. The van der Waals surface area contributed by atoms with Crippen molar-refractivity contribution in [1.29, 1.82) is 0 Å². The van der Waals surface area contributed by atoms with Crippen LogP contribution in [0.5, 0.6) is 0 Å². The smallest absolute Gasteiger partial charge is 0.284 e. The number of fused-ring (bicyclic) bond motifs is 1. The Kier molecular flexibility index (Phi) is 6.05. The van der Waals surface area contributed by atoms with Crippen LogP contribution in [0, 0.1) is 13.8 Å². The van der Waals surface area contributed by atoms with Crippen molar-refractivity contribution in [3.8, 4) is 0 Å². The number of carbonyl (C=O) groups is 2. The van der Waals surface area contributed by atoms with Crippen molar-refractivity contribution in [3.63, 3.8) is 0 Å². The number of carbonyl (C=O) groups excluding carboxylic acids is 2.